The molecule has 0 rings (SSSR count). The third-order valence-electron chi connectivity index (χ3n) is 3.65. The van der Waals surface area contributed by atoms with Crippen molar-refractivity contribution < 1.29 is 24.1 Å². The summed E-state index contributed by atoms with van der Waals surface area (Å²) in [5.74, 6) is 0. The first-order valence-electron chi connectivity index (χ1n) is 9.30. The van der Waals surface area contributed by atoms with Crippen LogP contribution in [0.4, 0.5) is 0 Å². The molecule has 0 aromatic carbocycles. The summed E-state index contributed by atoms with van der Waals surface area (Å²) in [6.45, 7) is 8.33. The number of rotatable bonds is 19. The molecule has 0 heterocycles. The lowest BCUT2D eigenvalue weighted by Crippen LogP contribution is -2.17. The van der Waals surface area contributed by atoms with Crippen molar-refractivity contribution in [3.63, 3.8) is 0 Å². The first kappa shape index (κ1) is 22.8. The van der Waals surface area contributed by atoms with E-state index >= 15 is 0 Å². The molecule has 0 amide bonds. The molecule has 0 saturated carbocycles. The van der Waals surface area contributed by atoms with Gasteiger partial charge in [-0.15, -0.1) is 0 Å². The molecule has 0 aromatic heterocycles. The highest BCUT2D eigenvalue weighted by molar-refractivity contribution is 4.56. The van der Waals surface area contributed by atoms with Crippen molar-refractivity contribution in [2.24, 2.45) is 0 Å². The summed E-state index contributed by atoms with van der Waals surface area (Å²) < 4.78 is 21.8. The van der Waals surface area contributed by atoms with Crippen molar-refractivity contribution in [1.29, 1.82) is 0 Å². The zero-order chi connectivity index (χ0) is 17.0. The highest BCUT2D eigenvalue weighted by atomic mass is 16.6. The SMILES string of the molecule is CCCCCCCC(CC)OCCOCCOCCOCCO. The molecule has 0 bridgehead atoms. The molecular formula is C18H38O5. The van der Waals surface area contributed by atoms with Crippen LogP contribution in [0.15, 0.2) is 0 Å². The van der Waals surface area contributed by atoms with Gasteiger partial charge in [-0.2, -0.15) is 0 Å². The highest BCUT2D eigenvalue weighted by Gasteiger charge is 2.05. The van der Waals surface area contributed by atoms with Crippen LogP contribution < -0.4 is 0 Å². The van der Waals surface area contributed by atoms with E-state index in [-0.39, 0.29) is 6.61 Å². The Bertz CT molecular complexity index is 214. The molecule has 1 atom stereocenters. The van der Waals surface area contributed by atoms with Gasteiger partial charge >= 0.3 is 0 Å². The fraction of sp³-hybridized carbons (Fsp3) is 1.00. The van der Waals surface area contributed by atoms with Crippen molar-refractivity contribution in [2.75, 3.05) is 52.9 Å². The minimum absolute atomic E-state index is 0.0562. The summed E-state index contributed by atoms with van der Waals surface area (Å²) in [4.78, 5) is 0. The summed E-state index contributed by atoms with van der Waals surface area (Å²) in [5, 5.41) is 8.53. The van der Waals surface area contributed by atoms with E-state index in [0.29, 0.717) is 52.4 Å². The normalized spacial score (nSPS) is 12.7. The number of hydrogen-bond donors (Lipinski definition) is 1. The van der Waals surface area contributed by atoms with Gasteiger partial charge in [0.2, 0.25) is 0 Å². The third kappa shape index (κ3) is 18.0. The molecule has 1 unspecified atom stereocenters. The van der Waals surface area contributed by atoms with Crippen molar-refractivity contribution in [1.82, 2.24) is 0 Å². The second-order valence-electron chi connectivity index (χ2n) is 5.66. The molecule has 0 aromatic rings. The van der Waals surface area contributed by atoms with Crippen LogP contribution >= 0.6 is 0 Å². The number of hydrogen-bond acceptors (Lipinski definition) is 5. The number of aliphatic hydroxyl groups is 1. The van der Waals surface area contributed by atoms with Crippen molar-refractivity contribution in [3.8, 4) is 0 Å². The van der Waals surface area contributed by atoms with Gasteiger partial charge in [0.15, 0.2) is 0 Å². The predicted molar refractivity (Wildman–Crippen MR) is 92.9 cm³/mol. The minimum Gasteiger partial charge on any atom is -0.394 e. The molecule has 0 fully saturated rings. The van der Waals surface area contributed by atoms with Crippen molar-refractivity contribution in [2.45, 2.75) is 64.9 Å². The van der Waals surface area contributed by atoms with Crippen LogP contribution in [0.5, 0.6) is 0 Å². The number of ether oxygens (including phenoxy) is 4. The van der Waals surface area contributed by atoms with E-state index in [4.69, 9.17) is 24.1 Å². The lowest BCUT2D eigenvalue weighted by molar-refractivity contribution is -0.0231. The van der Waals surface area contributed by atoms with Crippen molar-refractivity contribution >= 4 is 0 Å². The second kappa shape index (κ2) is 19.8. The Hall–Kier alpha value is -0.200. The molecule has 140 valence electrons. The van der Waals surface area contributed by atoms with Gasteiger partial charge < -0.3 is 24.1 Å². The highest BCUT2D eigenvalue weighted by Crippen LogP contribution is 2.11. The van der Waals surface area contributed by atoms with Gasteiger partial charge in [-0.3, -0.25) is 0 Å². The monoisotopic (exact) mass is 334 g/mol. The zero-order valence-electron chi connectivity index (χ0n) is 15.3. The Labute approximate surface area is 142 Å². The van der Waals surface area contributed by atoms with E-state index in [1.165, 1.54) is 32.1 Å². The lowest BCUT2D eigenvalue weighted by atomic mass is 10.1. The topological polar surface area (TPSA) is 57.2 Å². The Kier molecular flexibility index (Phi) is 19.7. The van der Waals surface area contributed by atoms with Crippen LogP contribution in [0, 0.1) is 0 Å². The summed E-state index contributed by atoms with van der Waals surface area (Å²) in [6.07, 6.45) is 9.20. The summed E-state index contributed by atoms with van der Waals surface area (Å²) in [5.41, 5.74) is 0. The van der Waals surface area contributed by atoms with Gasteiger partial charge in [0.25, 0.3) is 0 Å². The zero-order valence-corrected chi connectivity index (χ0v) is 15.3. The summed E-state index contributed by atoms with van der Waals surface area (Å²) in [6, 6.07) is 0. The van der Waals surface area contributed by atoms with Crippen LogP contribution in [0.1, 0.15) is 58.8 Å². The van der Waals surface area contributed by atoms with Crippen LogP contribution in [-0.4, -0.2) is 64.1 Å². The lowest BCUT2D eigenvalue weighted by Gasteiger charge is -2.16. The fourth-order valence-electron chi connectivity index (χ4n) is 2.26. The maximum absolute atomic E-state index is 8.53. The Morgan fingerprint density at radius 3 is 1.83 bits per heavy atom. The Morgan fingerprint density at radius 2 is 1.26 bits per heavy atom. The Morgan fingerprint density at radius 1 is 0.696 bits per heavy atom. The number of unbranched alkanes of at least 4 members (excludes halogenated alkanes) is 4. The smallest absolute Gasteiger partial charge is 0.0704 e. The van der Waals surface area contributed by atoms with Crippen LogP contribution in [0.2, 0.25) is 0 Å². The molecule has 1 N–H and O–H groups in total. The van der Waals surface area contributed by atoms with Crippen LogP contribution in [-0.2, 0) is 18.9 Å². The molecule has 23 heavy (non-hydrogen) atoms. The number of aliphatic hydroxyl groups excluding tert-OH is 1. The van der Waals surface area contributed by atoms with E-state index in [0.717, 1.165) is 12.8 Å². The molecule has 5 nitrogen and oxygen atoms in total. The maximum Gasteiger partial charge on any atom is 0.0704 e. The predicted octanol–water partition coefficient (Wildman–Crippen LogP) is 3.18. The molecule has 0 saturated heterocycles. The van der Waals surface area contributed by atoms with E-state index in [1.54, 1.807) is 0 Å². The van der Waals surface area contributed by atoms with E-state index < -0.39 is 0 Å². The molecule has 0 spiro atoms. The van der Waals surface area contributed by atoms with Gasteiger partial charge in [-0.1, -0.05) is 46.0 Å². The van der Waals surface area contributed by atoms with E-state index in [1.807, 2.05) is 0 Å². The van der Waals surface area contributed by atoms with E-state index in [9.17, 15) is 0 Å². The molecule has 5 heteroatoms. The molecule has 0 aliphatic carbocycles. The average molecular weight is 334 g/mol. The quantitative estimate of drug-likeness (QED) is 0.368. The van der Waals surface area contributed by atoms with Crippen molar-refractivity contribution in [3.05, 3.63) is 0 Å². The van der Waals surface area contributed by atoms with Gasteiger partial charge in [0.1, 0.15) is 0 Å². The standard InChI is InChI=1S/C18H38O5/c1-3-5-6-7-8-9-18(4-2)23-17-16-22-15-14-21-13-12-20-11-10-19/h18-19H,3-17H2,1-2H3. The van der Waals surface area contributed by atoms with Gasteiger partial charge in [-0.25, -0.2) is 0 Å². The Balaban J connectivity index is 3.24. The largest absolute Gasteiger partial charge is 0.394 e. The maximum atomic E-state index is 8.53. The van der Waals surface area contributed by atoms with Crippen LogP contribution in [0.3, 0.4) is 0 Å². The summed E-state index contributed by atoms with van der Waals surface area (Å²) in [7, 11) is 0. The molecule has 0 radical (unpaired) electrons. The van der Waals surface area contributed by atoms with Gasteiger partial charge in [0.05, 0.1) is 59.0 Å². The minimum atomic E-state index is 0.0562. The molecule has 0 aliphatic heterocycles. The summed E-state index contributed by atoms with van der Waals surface area (Å²) >= 11 is 0. The van der Waals surface area contributed by atoms with E-state index in [2.05, 4.69) is 13.8 Å². The molecule has 0 aliphatic rings. The first-order valence-corrected chi connectivity index (χ1v) is 9.30. The molecular weight excluding hydrogens is 296 g/mol. The fourth-order valence-corrected chi connectivity index (χ4v) is 2.26. The second-order valence-corrected chi connectivity index (χ2v) is 5.66. The van der Waals surface area contributed by atoms with Crippen LogP contribution in [0.25, 0.3) is 0 Å². The van der Waals surface area contributed by atoms with Gasteiger partial charge in [0, 0.05) is 0 Å². The third-order valence-corrected chi connectivity index (χ3v) is 3.65. The van der Waals surface area contributed by atoms with Gasteiger partial charge in [-0.05, 0) is 12.8 Å². The average Bonchev–Trinajstić information content (AvgIpc) is 2.57. The first-order chi connectivity index (χ1) is 11.3.